The maximum absolute atomic E-state index is 9.42. The average molecular weight is 197 g/mol. The summed E-state index contributed by atoms with van der Waals surface area (Å²) < 4.78 is 0. The van der Waals surface area contributed by atoms with Crippen LogP contribution in [0.5, 0.6) is 5.75 Å². The third-order valence-electron chi connectivity index (χ3n) is 2.18. The molecule has 0 saturated carbocycles. The van der Waals surface area contributed by atoms with Crippen LogP contribution in [-0.2, 0) is 6.61 Å². The molecule has 1 rings (SSSR count). The molecule has 0 fully saturated rings. The van der Waals surface area contributed by atoms with Crippen LogP contribution in [0.1, 0.15) is 24.1 Å². The summed E-state index contributed by atoms with van der Waals surface area (Å²) in [6, 6.07) is 4.21. The van der Waals surface area contributed by atoms with Gasteiger partial charge in [0.05, 0.1) is 18.8 Å². The van der Waals surface area contributed by atoms with Crippen LogP contribution in [0.15, 0.2) is 18.2 Å². The number of nitrogens with two attached hydrogens (primary N) is 1. The molecule has 0 aliphatic carbocycles. The van der Waals surface area contributed by atoms with Gasteiger partial charge in [-0.25, -0.2) is 0 Å². The van der Waals surface area contributed by atoms with Crippen LogP contribution in [0.2, 0.25) is 0 Å². The fourth-order valence-electron chi connectivity index (χ4n) is 1.20. The standard InChI is InChI=1S/C10H15NO3/c1-6(13)10(11)7-2-3-8(5-12)9(14)4-7/h2-4,6,10,12-14H,5,11H2,1H3/t6-,10-/m1/s1. The molecule has 0 amide bonds. The largest absolute Gasteiger partial charge is 0.508 e. The second-order valence-electron chi connectivity index (χ2n) is 3.31. The van der Waals surface area contributed by atoms with E-state index in [1.165, 1.54) is 6.07 Å². The van der Waals surface area contributed by atoms with E-state index in [1.54, 1.807) is 19.1 Å². The fraction of sp³-hybridized carbons (Fsp3) is 0.400. The molecule has 4 heteroatoms. The minimum Gasteiger partial charge on any atom is -0.508 e. The Balaban J connectivity index is 2.96. The average Bonchev–Trinajstić information content (AvgIpc) is 2.16. The number of benzene rings is 1. The Morgan fingerprint density at radius 2 is 2.07 bits per heavy atom. The molecule has 0 radical (unpaired) electrons. The molecule has 0 spiro atoms. The second kappa shape index (κ2) is 4.41. The number of hydrogen-bond acceptors (Lipinski definition) is 4. The first-order valence-electron chi connectivity index (χ1n) is 4.42. The van der Waals surface area contributed by atoms with Gasteiger partial charge in [0.2, 0.25) is 0 Å². The van der Waals surface area contributed by atoms with Crippen molar-refractivity contribution in [2.45, 2.75) is 25.7 Å². The Labute approximate surface area is 82.6 Å². The van der Waals surface area contributed by atoms with Crippen molar-refractivity contribution in [1.82, 2.24) is 0 Å². The van der Waals surface area contributed by atoms with Crippen LogP contribution >= 0.6 is 0 Å². The molecule has 2 atom stereocenters. The molecular formula is C10H15NO3. The molecule has 1 aromatic rings. The summed E-state index contributed by atoms with van der Waals surface area (Å²) in [7, 11) is 0. The zero-order valence-corrected chi connectivity index (χ0v) is 8.01. The first kappa shape index (κ1) is 11.0. The lowest BCUT2D eigenvalue weighted by Crippen LogP contribution is -2.23. The van der Waals surface area contributed by atoms with E-state index >= 15 is 0 Å². The first-order chi connectivity index (χ1) is 6.56. The summed E-state index contributed by atoms with van der Waals surface area (Å²) in [4.78, 5) is 0. The maximum atomic E-state index is 9.42. The number of aliphatic hydroxyl groups excluding tert-OH is 2. The lowest BCUT2D eigenvalue weighted by atomic mass is 10.0. The van der Waals surface area contributed by atoms with Crippen molar-refractivity contribution in [1.29, 1.82) is 0 Å². The van der Waals surface area contributed by atoms with Gasteiger partial charge < -0.3 is 21.1 Å². The minimum absolute atomic E-state index is 0.00102. The molecule has 14 heavy (non-hydrogen) atoms. The van der Waals surface area contributed by atoms with Gasteiger partial charge in [0.15, 0.2) is 0 Å². The Kier molecular flexibility index (Phi) is 3.46. The van der Waals surface area contributed by atoms with Crippen molar-refractivity contribution in [3.05, 3.63) is 29.3 Å². The molecule has 0 aliphatic rings. The van der Waals surface area contributed by atoms with Crippen molar-refractivity contribution in [3.8, 4) is 5.75 Å². The van der Waals surface area contributed by atoms with Crippen LogP contribution in [0.25, 0.3) is 0 Å². The molecule has 0 bridgehead atoms. The van der Waals surface area contributed by atoms with Crippen LogP contribution in [-0.4, -0.2) is 21.4 Å². The normalized spacial score (nSPS) is 15.1. The molecule has 1 aromatic carbocycles. The van der Waals surface area contributed by atoms with E-state index in [2.05, 4.69) is 0 Å². The molecule has 5 N–H and O–H groups in total. The molecule has 0 aliphatic heterocycles. The highest BCUT2D eigenvalue weighted by Gasteiger charge is 2.13. The van der Waals surface area contributed by atoms with Crippen molar-refractivity contribution in [3.63, 3.8) is 0 Å². The van der Waals surface area contributed by atoms with Crippen LogP contribution < -0.4 is 5.73 Å². The van der Waals surface area contributed by atoms with E-state index < -0.39 is 12.1 Å². The van der Waals surface area contributed by atoms with Gasteiger partial charge in [-0.05, 0) is 18.6 Å². The van der Waals surface area contributed by atoms with Gasteiger partial charge in [0.25, 0.3) is 0 Å². The summed E-state index contributed by atoms with van der Waals surface area (Å²) in [6.45, 7) is 1.37. The van der Waals surface area contributed by atoms with Crippen molar-refractivity contribution in [2.75, 3.05) is 0 Å². The lowest BCUT2D eigenvalue weighted by Gasteiger charge is -2.15. The Hall–Kier alpha value is -1.10. The van der Waals surface area contributed by atoms with E-state index in [0.29, 0.717) is 11.1 Å². The molecule has 78 valence electrons. The van der Waals surface area contributed by atoms with Gasteiger partial charge in [0, 0.05) is 5.56 Å². The number of aromatic hydroxyl groups is 1. The van der Waals surface area contributed by atoms with E-state index in [4.69, 9.17) is 10.8 Å². The highest BCUT2D eigenvalue weighted by Crippen LogP contribution is 2.23. The molecular weight excluding hydrogens is 182 g/mol. The molecule has 0 aromatic heterocycles. The smallest absolute Gasteiger partial charge is 0.121 e. The summed E-state index contributed by atoms with van der Waals surface area (Å²) >= 11 is 0. The third-order valence-corrected chi connectivity index (χ3v) is 2.18. The Morgan fingerprint density at radius 3 is 2.50 bits per heavy atom. The highest BCUT2D eigenvalue weighted by atomic mass is 16.3. The van der Waals surface area contributed by atoms with Gasteiger partial charge >= 0.3 is 0 Å². The van der Waals surface area contributed by atoms with Crippen LogP contribution in [0.3, 0.4) is 0 Å². The third kappa shape index (κ3) is 2.23. The predicted octanol–water partition coefficient (Wildman–Crippen LogP) is 0.265. The van der Waals surface area contributed by atoms with Gasteiger partial charge in [-0.1, -0.05) is 12.1 Å². The number of aliphatic hydroxyl groups is 2. The topological polar surface area (TPSA) is 86.7 Å². The highest BCUT2D eigenvalue weighted by molar-refractivity contribution is 5.37. The summed E-state index contributed by atoms with van der Waals surface area (Å²) in [5.41, 5.74) is 6.77. The number of hydrogen-bond donors (Lipinski definition) is 4. The molecule has 0 unspecified atom stereocenters. The summed E-state index contributed by atoms with van der Waals surface area (Å²) in [6.07, 6.45) is -0.672. The first-order valence-corrected chi connectivity index (χ1v) is 4.42. The van der Waals surface area contributed by atoms with Crippen molar-refractivity contribution >= 4 is 0 Å². The molecule has 0 heterocycles. The minimum atomic E-state index is -0.672. The predicted molar refractivity (Wildman–Crippen MR) is 52.6 cm³/mol. The van der Waals surface area contributed by atoms with Crippen molar-refractivity contribution < 1.29 is 15.3 Å². The van der Waals surface area contributed by atoms with Crippen LogP contribution in [0, 0.1) is 0 Å². The zero-order valence-electron chi connectivity index (χ0n) is 8.01. The van der Waals surface area contributed by atoms with Crippen LogP contribution in [0.4, 0.5) is 0 Å². The maximum Gasteiger partial charge on any atom is 0.121 e. The monoisotopic (exact) mass is 197 g/mol. The summed E-state index contributed by atoms with van der Waals surface area (Å²) in [5, 5.41) is 27.5. The second-order valence-corrected chi connectivity index (χ2v) is 3.31. The number of rotatable bonds is 3. The van der Waals surface area contributed by atoms with E-state index in [1.807, 2.05) is 0 Å². The Morgan fingerprint density at radius 1 is 1.43 bits per heavy atom. The molecule has 4 nitrogen and oxygen atoms in total. The lowest BCUT2D eigenvalue weighted by molar-refractivity contribution is 0.164. The van der Waals surface area contributed by atoms with Gasteiger partial charge in [-0.3, -0.25) is 0 Å². The SMILES string of the molecule is C[C@@H](O)[C@@H](N)c1ccc(CO)c(O)c1. The van der Waals surface area contributed by atoms with Gasteiger partial charge in [0.1, 0.15) is 5.75 Å². The number of phenols is 1. The van der Waals surface area contributed by atoms with E-state index in [0.717, 1.165) is 0 Å². The van der Waals surface area contributed by atoms with E-state index in [9.17, 15) is 10.2 Å². The zero-order chi connectivity index (χ0) is 10.7. The van der Waals surface area contributed by atoms with E-state index in [-0.39, 0.29) is 12.4 Å². The van der Waals surface area contributed by atoms with Gasteiger partial charge in [-0.15, -0.1) is 0 Å². The Bertz CT molecular complexity index is 312. The summed E-state index contributed by atoms with van der Waals surface area (Å²) in [5.74, 6) is 0.00102. The van der Waals surface area contributed by atoms with Gasteiger partial charge in [-0.2, -0.15) is 0 Å². The van der Waals surface area contributed by atoms with Crippen molar-refractivity contribution in [2.24, 2.45) is 5.73 Å². The quantitative estimate of drug-likeness (QED) is 0.560. The fourth-order valence-corrected chi connectivity index (χ4v) is 1.20. The molecule has 0 saturated heterocycles.